The topological polar surface area (TPSA) is 39.9 Å². The lowest BCUT2D eigenvalue weighted by Crippen LogP contribution is -2.27. The van der Waals surface area contributed by atoms with Gasteiger partial charge in [-0.25, -0.2) is 0 Å². The number of anilines is 1. The van der Waals surface area contributed by atoms with Gasteiger partial charge in [-0.2, -0.15) is 18.4 Å². The van der Waals surface area contributed by atoms with Crippen molar-refractivity contribution in [1.29, 1.82) is 5.26 Å². The zero-order chi connectivity index (χ0) is 15.0. The Morgan fingerprint density at radius 1 is 1.29 bits per heavy atom. The van der Waals surface area contributed by atoms with Gasteiger partial charge < -0.3 is 4.90 Å². The second-order valence-electron chi connectivity index (χ2n) is 5.12. The highest BCUT2D eigenvalue weighted by Gasteiger charge is 2.43. The maximum atomic E-state index is 12.8. The normalized spacial score (nSPS) is 19.0. The Morgan fingerprint density at radius 2 is 2.10 bits per heavy atom. The molecule has 108 valence electrons. The Hall–Kier alpha value is -2.29. The summed E-state index contributed by atoms with van der Waals surface area (Å²) in [6.45, 7) is 0.319. The minimum absolute atomic E-state index is 0.0423. The van der Waals surface area contributed by atoms with Crippen LogP contribution in [0.25, 0.3) is 10.9 Å². The molecule has 1 aliphatic heterocycles. The Morgan fingerprint density at radius 3 is 2.76 bits per heavy atom. The summed E-state index contributed by atoms with van der Waals surface area (Å²) in [6.07, 6.45) is -2.48. The van der Waals surface area contributed by atoms with Crippen molar-refractivity contribution in [2.24, 2.45) is 5.92 Å². The monoisotopic (exact) mass is 291 g/mol. The summed E-state index contributed by atoms with van der Waals surface area (Å²) < 4.78 is 38.4. The van der Waals surface area contributed by atoms with E-state index in [0.717, 1.165) is 5.39 Å². The molecule has 1 unspecified atom stereocenters. The predicted molar refractivity (Wildman–Crippen MR) is 72.8 cm³/mol. The number of hydrogen-bond donors (Lipinski definition) is 0. The van der Waals surface area contributed by atoms with E-state index in [-0.39, 0.29) is 13.0 Å². The van der Waals surface area contributed by atoms with Gasteiger partial charge >= 0.3 is 6.18 Å². The number of nitriles is 1. The van der Waals surface area contributed by atoms with Crippen LogP contribution in [0, 0.1) is 17.2 Å². The molecule has 3 rings (SSSR count). The van der Waals surface area contributed by atoms with Gasteiger partial charge in [-0.3, -0.25) is 4.98 Å². The summed E-state index contributed by atoms with van der Waals surface area (Å²) in [5.74, 6) is -1.29. The number of hydrogen-bond acceptors (Lipinski definition) is 3. The smallest absolute Gasteiger partial charge is 0.370 e. The lowest BCUT2D eigenvalue weighted by molar-refractivity contribution is -0.168. The van der Waals surface area contributed by atoms with Crippen LogP contribution in [-0.2, 0) is 0 Å². The van der Waals surface area contributed by atoms with Crippen LogP contribution in [0.4, 0.5) is 18.9 Å². The highest BCUT2D eigenvalue weighted by Crippen LogP contribution is 2.37. The van der Waals surface area contributed by atoms with E-state index in [2.05, 4.69) is 11.1 Å². The fraction of sp³-hybridized carbons (Fsp3) is 0.333. The van der Waals surface area contributed by atoms with E-state index >= 15 is 0 Å². The van der Waals surface area contributed by atoms with E-state index in [9.17, 15) is 13.2 Å². The summed E-state index contributed by atoms with van der Waals surface area (Å²) in [4.78, 5) is 5.91. The van der Waals surface area contributed by atoms with E-state index in [1.165, 1.54) is 0 Å². The fourth-order valence-electron chi connectivity index (χ4n) is 2.77. The van der Waals surface area contributed by atoms with Crippen molar-refractivity contribution >= 4 is 16.6 Å². The molecule has 21 heavy (non-hydrogen) atoms. The number of alkyl halides is 3. The molecule has 1 atom stereocenters. The van der Waals surface area contributed by atoms with Crippen LogP contribution in [0.5, 0.6) is 0 Å². The van der Waals surface area contributed by atoms with Crippen LogP contribution in [-0.4, -0.2) is 24.2 Å². The first-order valence-corrected chi connectivity index (χ1v) is 6.60. The zero-order valence-corrected chi connectivity index (χ0v) is 11.1. The van der Waals surface area contributed by atoms with Gasteiger partial charge in [0.25, 0.3) is 0 Å². The van der Waals surface area contributed by atoms with Crippen LogP contribution in [0.2, 0.25) is 0 Å². The third-order valence-corrected chi connectivity index (χ3v) is 3.86. The third kappa shape index (κ3) is 2.40. The van der Waals surface area contributed by atoms with Crippen molar-refractivity contribution in [3.63, 3.8) is 0 Å². The zero-order valence-electron chi connectivity index (χ0n) is 11.1. The summed E-state index contributed by atoms with van der Waals surface area (Å²) in [5, 5.41) is 9.81. The van der Waals surface area contributed by atoms with Crippen molar-refractivity contribution < 1.29 is 13.2 Å². The molecule has 3 nitrogen and oxygen atoms in total. The third-order valence-electron chi connectivity index (χ3n) is 3.86. The molecule has 6 heteroatoms. The largest absolute Gasteiger partial charge is 0.393 e. The standard InChI is InChI=1S/C15H12F3N3/c16-15(17,18)11-5-7-21(9-11)13-4-3-10(8-19)14-12(13)2-1-6-20-14/h1-4,6,11H,5,7,9H2. The molecular formula is C15H12F3N3. The van der Waals surface area contributed by atoms with Gasteiger partial charge in [0, 0.05) is 30.4 Å². The van der Waals surface area contributed by atoms with Gasteiger partial charge in [-0.15, -0.1) is 0 Å². The molecule has 1 aromatic heterocycles. The summed E-state index contributed by atoms with van der Waals surface area (Å²) in [7, 11) is 0. The van der Waals surface area contributed by atoms with Gasteiger partial charge in [-0.05, 0) is 30.7 Å². The number of fused-ring (bicyclic) bond motifs is 1. The molecule has 0 saturated carbocycles. The molecular weight excluding hydrogens is 279 g/mol. The predicted octanol–water partition coefficient (Wildman–Crippen LogP) is 3.50. The molecule has 1 saturated heterocycles. The minimum atomic E-state index is -4.16. The Labute approximate surface area is 119 Å². The van der Waals surface area contributed by atoms with Crippen molar-refractivity contribution in [2.75, 3.05) is 18.0 Å². The first kappa shape index (κ1) is 13.7. The molecule has 0 aliphatic carbocycles. The molecule has 0 bridgehead atoms. The number of benzene rings is 1. The molecule has 1 fully saturated rings. The van der Waals surface area contributed by atoms with E-state index in [0.29, 0.717) is 23.3 Å². The summed E-state index contributed by atoms with van der Waals surface area (Å²) in [6, 6.07) is 8.90. The Bertz CT molecular complexity index is 718. The fourth-order valence-corrected chi connectivity index (χ4v) is 2.77. The molecule has 0 N–H and O–H groups in total. The molecule has 2 heterocycles. The summed E-state index contributed by atoms with van der Waals surface area (Å²) >= 11 is 0. The van der Waals surface area contributed by atoms with Crippen LogP contribution >= 0.6 is 0 Å². The average Bonchev–Trinajstić information content (AvgIpc) is 2.96. The highest BCUT2D eigenvalue weighted by molar-refractivity contribution is 5.95. The second-order valence-corrected chi connectivity index (χ2v) is 5.12. The maximum absolute atomic E-state index is 12.8. The number of halogens is 3. The molecule has 0 radical (unpaired) electrons. The van der Waals surface area contributed by atoms with Crippen molar-refractivity contribution in [3.05, 3.63) is 36.0 Å². The van der Waals surface area contributed by atoms with Crippen LogP contribution < -0.4 is 4.90 Å². The van der Waals surface area contributed by atoms with Gasteiger partial charge in [0.15, 0.2) is 0 Å². The van der Waals surface area contributed by atoms with Crippen LogP contribution in [0.15, 0.2) is 30.5 Å². The van der Waals surface area contributed by atoms with E-state index < -0.39 is 12.1 Å². The number of nitrogens with zero attached hydrogens (tertiary/aromatic N) is 3. The number of rotatable bonds is 1. The maximum Gasteiger partial charge on any atom is 0.393 e. The number of pyridine rings is 1. The summed E-state index contributed by atoms with van der Waals surface area (Å²) in [5.41, 5.74) is 1.68. The number of aromatic nitrogens is 1. The van der Waals surface area contributed by atoms with Crippen molar-refractivity contribution in [2.45, 2.75) is 12.6 Å². The van der Waals surface area contributed by atoms with Crippen LogP contribution in [0.3, 0.4) is 0 Å². The van der Waals surface area contributed by atoms with E-state index in [1.807, 2.05) is 0 Å². The molecule has 1 aliphatic rings. The van der Waals surface area contributed by atoms with E-state index in [4.69, 9.17) is 5.26 Å². The lowest BCUT2D eigenvalue weighted by atomic mass is 10.1. The Balaban J connectivity index is 2.02. The second kappa shape index (κ2) is 4.92. The van der Waals surface area contributed by atoms with E-state index in [1.54, 1.807) is 35.4 Å². The van der Waals surface area contributed by atoms with Gasteiger partial charge in [0.2, 0.25) is 0 Å². The molecule has 2 aromatic rings. The molecule has 1 aromatic carbocycles. The highest BCUT2D eigenvalue weighted by atomic mass is 19.4. The lowest BCUT2D eigenvalue weighted by Gasteiger charge is -2.21. The molecule has 0 amide bonds. The Kier molecular flexibility index (Phi) is 3.20. The average molecular weight is 291 g/mol. The molecule has 0 spiro atoms. The minimum Gasteiger partial charge on any atom is -0.370 e. The van der Waals surface area contributed by atoms with Gasteiger partial charge in [0.05, 0.1) is 17.0 Å². The first-order chi connectivity index (χ1) is 10.0. The van der Waals surface area contributed by atoms with Gasteiger partial charge in [-0.1, -0.05) is 0 Å². The van der Waals surface area contributed by atoms with Crippen LogP contribution in [0.1, 0.15) is 12.0 Å². The van der Waals surface area contributed by atoms with Crippen molar-refractivity contribution in [3.8, 4) is 6.07 Å². The van der Waals surface area contributed by atoms with Crippen molar-refractivity contribution in [1.82, 2.24) is 4.98 Å². The van der Waals surface area contributed by atoms with Gasteiger partial charge in [0.1, 0.15) is 6.07 Å². The first-order valence-electron chi connectivity index (χ1n) is 6.60. The SMILES string of the molecule is N#Cc1ccc(N2CCC(C(F)(F)F)C2)c2cccnc12. The quantitative estimate of drug-likeness (QED) is 0.807.